The molecule has 0 N–H and O–H groups in total. The number of nitrogens with zero attached hydrogens (tertiary/aromatic N) is 2. The molecule has 3 nitrogen and oxygen atoms in total. The maximum atomic E-state index is 5.59. The second-order valence-electron chi connectivity index (χ2n) is 3.42. The first-order valence-electron chi connectivity index (χ1n) is 4.42. The first-order valence-corrected chi connectivity index (χ1v) is 6.04. The van der Waals surface area contributed by atoms with Crippen molar-refractivity contribution in [1.82, 2.24) is 9.19 Å². The van der Waals surface area contributed by atoms with Crippen molar-refractivity contribution in [3.8, 4) is 0 Å². The second-order valence-corrected chi connectivity index (χ2v) is 5.07. The van der Waals surface area contributed by atoms with Gasteiger partial charge in [0.1, 0.15) is 0 Å². The predicted molar refractivity (Wildman–Crippen MR) is 44.1 cm³/mol. The van der Waals surface area contributed by atoms with Gasteiger partial charge in [-0.1, -0.05) is 0 Å². The van der Waals surface area contributed by atoms with Crippen LogP contribution in [0.2, 0.25) is 0 Å². The van der Waals surface area contributed by atoms with Gasteiger partial charge in [0.05, 0.1) is 0 Å². The van der Waals surface area contributed by atoms with E-state index in [1.807, 2.05) is 0 Å². The van der Waals surface area contributed by atoms with Gasteiger partial charge >= 0.3 is 76.7 Å². The molecular formula is C8H10N2OSe. The first kappa shape index (κ1) is 7.24. The van der Waals surface area contributed by atoms with Crippen molar-refractivity contribution < 1.29 is 4.74 Å². The SMILES string of the molecule is C1CCC2OC2c2[se]nnc2C1. The summed E-state index contributed by atoms with van der Waals surface area (Å²) in [6, 6.07) is 0. The van der Waals surface area contributed by atoms with Gasteiger partial charge in [-0.15, -0.1) is 0 Å². The van der Waals surface area contributed by atoms with Crippen LogP contribution in [-0.2, 0) is 11.2 Å². The van der Waals surface area contributed by atoms with Gasteiger partial charge in [-0.05, 0) is 0 Å². The van der Waals surface area contributed by atoms with Crippen LogP contribution in [0.5, 0.6) is 0 Å². The average Bonchev–Trinajstić information content (AvgIpc) is 2.64. The normalized spacial score (nSPS) is 33.0. The summed E-state index contributed by atoms with van der Waals surface area (Å²) in [4.78, 5) is 0. The third kappa shape index (κ3) is 1.06. The van der Waals surface area contributed by atoms with Crippen molar-refractivity contribution in [2.24, 2.45) is 0 Å². The van der Waals surface area contributed by atoms with E-state index in [1.165, 1.54) is 29.4 Å². The van der Waals surface area contributed by atoms with E-state index in [4.69, 9.17) is 4.74 Å². The summed E-state index contributed by atoms with van der Waals surface area (Å²) in [5, 5.41) is 4.19. The van der Waals surface area contributed by atoms with E-state index in [0.717, 1.165) is 6.42 Å². The molecule has 2 heterocycles. The van der Waals surface area contributed by atoms with Gasteiger partial charge in [0.2, 0.25) is 0 Å². The fourth-order valence-electron chi connectivity index (χ4n) is 1.84. The van der Waals surface area contributed by atoms with Gasteiger partial charge in [-0.25, -0.2) is 0 Å². The van der Waals surface area contributed by atoms with Gasteiger partial charge in [-0.2, -0.15) is 0 Å². The molecule has 0 aromatic carbocycles. The summed E-state index contributed by atoms with van der Waals surface area (Å²) >= 11 is 0.270. The molecule has 64 valence electrons. The fraction of sp³-hybridized carbons (Fsp3) is 0.750. The van der Waals surface area contributed by atoms with E-state index in [9.17, 15) is 0 Å². The van der Waals surface area contributed by atoms with Gasteiger partial charge in [-0.3, -0.25) is 0 Å². The van der Waals surface area contributed by atoms with Gasteiger partial charge in [0.25, 0.3) is 0 Å². The van der Waals surface area contributed by atoms with Crippen LogP contribution in [0.3, 0.4) is 0 Å². The van der Waals surface area contributed by atoms with Crippen molar-refractivity contribution in [2.45, 2.75) is 37.9 Å². The Labute approximate surface area is 77.1 Å². The predicted octanol–water partition coefficient (Wildman–Crippen LogP) is 0.700. The Morgan fingerprint density at radius 1 is 1.42 bits per heavy atom. The average molecular weight is 229 g/mol. The summed E-state index contributed by atoms with van der Waals surface area (Å²) < 4.78 is 11.1. The van der Waals surface area contributed by atoms with Crippen LogP contribution in [0.15, 0.2) is 0 Å². The molecule has 2 unspecified atom stereocenters. The molecule has 0 bridgehead atoms. The number of aromatic nitrogens is 2. The summed E-state index contributed by atoms with van der Waals surface area (Å²) in [7, 11) is 0. The fourth-order valence-corrected chi connectivity index (χ4v) is 3.49. The molecule has 1 fully saturated rings. The summed E-state index contributed by atoms with van der Waals surface area (Å²) in [5.41, 5.74) is 1.25. The number of rotatable bonds is 0. The molecule has 1 aliphatic heterocycles. The van der Waals surface area contributed by atoms with Crippen molar-refractivity contribution in [3.05, 3.63) is 10.1 Å². The Hall–Kier alpha value is -0.181. The minimum atomic E-state index is 0.270. The first-order chi connectivity index (χ1) is 5.95. The maximum absolute atomic E-state index is 5.59. The Morgan fingerprint density at radius 2 is 2.42 bits per heavy atom. The van der Waals surface area contributed by atoms with Crippen molar-refractivity contribution >= 4 is 14.7 Å². The van der Waals surface area contributed by atoms with E-state index in [0.29, 0.717) is 12.2 Å². The van der Waals surface area contributed by atoms with E-state index < -0.39 is 0 Å². The van der Waals surface area contributed by atoms with Crippen LogP contribution in [0.1, 0.15) is 35.5 Å². The zero-order chi connectivity index (χ0) is 7.97. The van der Waals surface area contributed by atoms with Crippen LogP contribution in [0.25, 0.3) is 0 Å². The zero-order valence-electron chi connectivity index (χ0n) is 6.69. The van der Waals surface area contributed by atoms with E-state index >= 15 is 0 Å². The summed E-state index contributed by atoms with van der Waals surface area (Å²) in [6.07, 6.45) is 5.89. The Kier molecular flexibility index (Phi) is 1.60. The topological polar surface area (TPSA) is 38.3 Å². The molecule has 3 rings (SSSR count). The van der Waals surface area contributed by atoms with E-state index in [1.54, 1.807) is 0 Å². The van der Waals surface area contributed by atoms with Gasteiger partial charge < -0.3 is 0 Å². The number of ether oxygens (including phenoxy) is 1. The molecule has 1 aromatic heterocycles. The number of fused-ring (bicyclic) bond motifs is 3. The molecule has 1 aromatic rings. The Bertz CT molecular complexity index is 299. The summed E-state index contributed by atoms with van der Waals surface area (Å²) in [6.45, 7) is 0. The third-order valence-corrected chi connectivity index (χ3v) is 4.32. The number of hydrogen-bond donors (Lipinski definition) is 0. The van der Waals surface area contributed by atoms with Crippen molar-refractivity contribution in [3.63, 3.8) is 0 Å². The van der Waals surface area contributed by atoms with E-state index in [-0.39, 0.29) is 14.7 Å². The second kappa shape index (κ2) is 2.66. The number of hydrogen-bond acceptors (Lipinski definition) is 3. The van der Waals surface area contributed by atoms with Gasteiger partial charge in [0.15, 0.2) is 0 Å². The molecule has 0 amide bonds. The monoisotopic (exact) mass is 230 g/mol. The molecule has 4 heteroatoms. The molecule has 2 aliphatic rings. The van der Waals surface area contributed by atoms with Crippen LogP contribution in [-0.4, -0.2) is 30.0 Å². The Morgan fingerprint density at radius 3 is 3.42 bits per heavy atom. The molecule has 0 saturated carbocycles. The molecule has 12 heavy (non-hydrogen) atoms. The van der Waals surface area contributed by atoms with Crippen LogP contribution < -0.4 is 0 Å². The molecule has 1 aliphatic carbocycles. The minimum absolute atomic E-state index is 0.270. The van der Waals surface area contributed by atoms with E-state index in [2.05, 4.69) is 9.19 Å². The molecule has 0 radical (unpaired) electrons. The Balaban J connectivity index is 1.97. The summed E-state index contributed by atoms with van der Waals surface area (Å²) in [5.74, 6) is 0. The third-order valence-electron chi connectivity index (χ3n) is 2.58. The zero-order valence-corrected chi connectivity index (χ0v) is 8.41. The van der Waals surface area contributed by atoms with Gasteiger partial charge in [0, 0.05) is 0 Å². The van der Waals surface area contributed by atoms with Crippen LogP contribution in [0.4, 0.5) is 0 Å². The molecule has 0 spiro atoms. The molecular weight excluding hydrogens is 219 g/mol. The van der Waals surface area contributed by atoms with Crippen molar-refractivity contribution in [2.75, 3.05) is 0 Å². The van der Waals surface area contributed by atoms with Crippen LogP contribution in [0, 0.1) is 0 Å². The van der Waals surface area contributed by atoms with Crippen molar-refractivity contribution in [1.29, 1.82) is 0 Å². The number of epoxide rings is 1. The quantitative estimate of drug-likeness (QED) is 0.485. The van der Waals surface area contributed by atoms with Crippen LogP contribution >= 0.6 is 0 Å². The standard InChI is InChI=1S/C8H10N2OSe/c1-2-4-6-7(11-6)8-5(3-1)9-10-12-8/h6-7H,1-4H2. The molecule has 1 saturated heterocycles. The number of aryl methyl sites for hydroxylation is 1. The molecule has 2 atom stereocenters.